The molecule has 2 aromatic rings. The van der Waals surface area contributed by atoms with E-state index in [1.54, 1.807) is 23.1 Å². The van der Waals surface area contributed by atoms with Gasteiger partial charge in [0.1, 0.15) is 5.82 Å². The number of anilines is 1. The Morgan fingerprint density at radius 1 is 1.15 bits per heavy atom. The van der Waals surface area contributed by atoms with E-state index < -0.39 is 5.92 Å². The van der Waals surface area contributed by atoms with Crippen LogP contribution in [0.5, 0.6) is 0 Å². The minimum absolute atomic E-state index is 0.105. The molecule has 0 bridgehead atoms. The number of nitrogens with zero attached hydrogens (tertiary/aromatic N) is 1. The van der Waals surface area contributed by atoms with E-state index in [0.717, 1.165) is 11.3 Å². The van der Waals surface area contributed by atoms with Gasteiger partial charge in [0.25, 0.3) is 0 Å². The molecule has 0 saturated carbocycles. The first-order valence-electron chi connectivity index (χ1n) is 9.17. The molecule has 142 valence electrons. The zero-order chi connectivity index (χ0) is 19.6. The van der Waals surface area contributed by atoms with Gasteiger partial charge in [-0.2, -0.15) is 0 Å². The standard InChI is InChI=1S/C22H25FN2O2/c1-22(2,3)17-9-5-7-11-19(17)24-21(27)16-12-20(26)25(14-16)13-15-8-4-6-10-18(15)23/h4-11,16H,12-14H2,1-3H3,(H,24,27). The Kier molecular flexibility index (Phi) is 5.31. The van der Waals surface area contributed by atoms with Crippen molar-refractivity contribution in [3.8, 4) is 0 Å². The molecule has 1 aliphatic heterocycles. The molecule has 1 N–H and O–H groups in total. The van der Waals surface area contributed by atoms with Gasteiger partial charge < -0.3 is 10.2 Å². The topological polar surface area (TPSA) is 49.4 Å². The van der Waals surface area contributed by atoms with Gasteiger partial charge in [-0.25, -0.2) is 4.39 Å². The lowest BCUT2D eigenvalue weighted by Gasteiger charge is -2.23. The van der Waals surface area contributed by atoms with Crippen LogP contribution in [-0.4, -0.2) is 23.3 Å². The molecular weight excluding hydrogens is 343 g/mol. The maximum absolute atomic E-state index is 13.9. The average Bonchev–Trinajstić information content (AvgIpc) is 2.97. The summed E-state index contributed by atoms with van der Waals surface area (Å²) in [6, 6.07) is 14.1. The van der Waals surface area contributed by atoms with Crippen molar-refractivity contribution >= 4 is 17.5 Å². The maximum Gasteiger partial charge on any atom is 0.229 e. The predicted octanol–water partition coefficient (Wildman–Crippen LogP) is 4.11. The highest BCUT2D eigenvalue weighted by molar-refractivity contribution is 5.97. The van der Waals surface area contributed by atoms with Crippen LogP contribution in [0.3, 0.4) is 0 Å². The normalized spacial score (nSPS) is 17.3. The van der Waals surface area contributed by atoms with E-state index in [2.05, 4.69) is 26.1 Å². The molecule has 0 spiro atoms. The van der Waals surface area contributed by atoms with E-state index in [0.29, 0.717) is 12.1 Å². The van der Waals surface area contributed by atoms with Crippen molar-refractivity contribution in [3.63, 3.8) is 0 Å². The highest BCUT2D eigenvalue weighted by Crippen LogP contribution is 2.30. The second-order valence-corrected chi connectivity index (χ2v) is 8.05. The molecule has 1 atom stereocenters. The molecule has 1 heterocycles. The highest BCUT2D eigenvalue weighted by atomic mass is 19.1. The summed E-state index contributed by atoms with van der Waals surface area (Å²) in [5, 5.41) is 2.98. The zero-order valence-corrected chi connectivity index (χ0v) is 16.0. The Morgan fingerprint density at radius 3 is 2.52 bits per heavy atom. The second-order valence-electron chi connectivity index (χ2n) is 8.05. The second kappa shape index (κ2) is 7.51. The van der Waals surface area contributed by atoms with Gasteiger partial charge in [-0.05, 0) is 23.1 Å². The van der Waals surface area contributed by atoms with Gasteiger partial charge >= 0.3 is 0 Å². The summed E-state index contributed by atoms with van der Waals surface area (Å²) in [7, 11) is 0. The first-order valence-corrected chi connectivity index (χ1v) is 9.17. The van der Waals surface area contributed by atoms with Crippen molar-refractivity contribution in [1.29, 1.82) is 0 Å². The molecule has 1 saturated heterocycles. The van der Waals surface area contributed by atoms with Crippen molar-refractivity contribution in [2.75, 3.05) is 11.9 Å². The number of hydrogen-bond acceptors (Lipinski definition) is 2. The van der Waals surface area contributed by atoms with E-state index in [-0.39, 0.29) is 36.0 Å². The first-order chi connectivity index (χ1) is 12.8. The molecule has 4 nitrogen and oxygen atoms in total. The van der Waals surface area contributed by atoms with E-state index >= 15 is 0 Å². The summed E-state index contributed by atoms with van der Waals surface area (Å²) in [5.74, 6) is -1.06. The fraction of sp³-hybridized carbons (Fsp3) is 0.364. The minimum atomic E-state index is -0.433. The van der Waals surface area contributed by atoms with Crippen molar-refractivity contribution in [2.24, 2.45) is 5.92 Å². The number of nitrogens with one attached hydrogen (secondary N) is 1. The molecule has 5 heteroatoms. The van der Waals surface area contributed by atoms with Crippen LogP contribution in [0.15, 0.2) is 48.5 Å². The number of halogens is 1. The molecule has 0 aromatic heterocycles. The number of likely N-dealkylation sites (tertiary alicyclic amines) is 1. The van der Waals surface area contributed by atoms with Crippen LogP contribution in [0.1, 0.15) is 38.3 Å². The minimum Gasteiger partial charge on any atom is -0.337 e. The van der Waals surface area contributed by atoms with Crippen LogP contribution in [0.4, 0.5) is 10.1 Å². The largest absolute Gasteiger partial charge is 0.337 e. The number of para-hydroxylation sites is 1. The van der Waals surface area contributed by atoms with Crippen molar-refractivity contribution in [2.45, 2.75) is 39.2 Å². The van der Waals surface area contributed by atoms with E-state index in [1.807, 2.05) is 24.3 Å². The number of hydrogen-bond donors (Lipinski definition) is 1. The molecule has 1 unspecified atom stereocenters. The number of carbonyl (C=O) groups excluding carboxylic acids is 2. The van der Waals surface area contributed by atoms with Gasteiger partial charge in [0.05, 0.1) is 5.92 Å². The highest BCUT2D eigenvalue weighted by Gasteiger charge is 2.35. The molecule has 1 fully saturated rings. The lowest BCUT2D eigenvalue weighted by atomic mass is 9.85. The molecular formula is C22H25FN2O2. The molecule has 2 aromatic carbocycles. The van der Waals surface area contributed by atoms with Crippen LogP contribution in [0.25, 0.3) is 0 Å². The Balaban J connectivity index is 1.69. The van der Waals surface area contributed by atoms with E-state index in [9.17, 15) is 14.0 Å². The van der Waals surface area contributed by atoms with Crippen LogP contribution in [-0.2, 0) is 21.5 Å². The Labute approximate surface area is 159 Å². The Bertz CT molecular complexity index is 857. The molecule has 3 rings (SSSR count). The van der Waals surface area contributed by atoms with E-state index in [1.165, 1.54) is 6.07 Å². The summed E-state index contributed by atoms with van der Waals surface area (Å²) in [4.78, 5) is 26.6. The zero-order valence-electron chi connectivity index (χ0n) is 16.0. The van der Waals surface area contributed by atoms with Gasteiger partial charge in [-0.3, -0.25) is 9.59 Å². The molecule has 2 amide bonds. The molecule has 0 aliphatic carbocycles. The van der Waals surface area contributed by atoms with Gasteiger partial charge in [-0.15, -0.1) is 0 Å². The molecule has 27 heavy (non-hydrogen) atoms. The summed E-state index contributed by atoms with van der Waals surface area (Å²) >= 11 is 0. The van der Waals surface area contributed by atoms with Crippen molar-refractivity contribution < 1.29 is 14.0 Å². The fourth-order valence-electron chi connectivity index (χ4n) is 3.41. The maximum atomic E-state index is 13.9. The molecule has 0 radical (unpaired) electrons. The van der Waals surface area contributed by atoms with Crippen molar-refractivity contribution in [3.05, 3.63) is 65.5 Å². The van der Waals surface area contributed by atoms with E-state index in [4.69, 9.17) is 0 Å². The number of rotatable bonds is 4. The average molecular weight is 368 g/mol. The lowest BCUT2D eigenvalue weighted by Crippen LogP contribution is -2.29. The molecule has 1 aliphatic rings. The van der Waals surface area contributed by atoms with Gasteiger partial charge in [0, 0.05) is 30.8 Å². The third kappa shape index (κ3) is 4.35. The third-order valence-corrected chi connectivity index (χ3v) is 4.90. The lowest BCUT2D eigenvalue weighted by molar-refractivity contribution is -0.128. The monoisotopic (exact) mass is 368 g/mol. The predicted molar refractivity (Wildman–Crippen MR) is 104 cm³/mol. The Hall–Kier alpha value is -2.69. The summed E-state index contributed by atoms with van der Waals surface area (Å²) < 4.78 is 13.9. The Morgan fingerprint density at radius 2 is 1.81 bits per heavy atom. The van der Waals surface area contributed by atoms with Crippen LogP contribution >= 0.6 is 0 Å². The summed E-state index contributed by atoms with van der Waals surface area (Å²) in [6.45, 7) is 6.76. The van der Waals surface area contributed by atoms with Gasteiger partial charge in [0.15, 0.2) is 0 Å². The van der Waals surface area contributed by atoms with Gasteiger partial charge in [0.2, 0.25) is 11.8 Å². The number of carbonyl (C=O) groups is 2. The van der Waals surface area contributed by atoms with Crippen LogP contribution in [0.2, 0.25) is 0 Å². The van der Waals surface area contributed by atoms with Gasteiger partial charge in [-0.1, -0.05) is 57.2 Å². The quantitative estimate of drug-likeness (QED) is 0.883. The number of amides is 2. The smallest absolute Gasteiger partial charge is 0.229 e. The summed E-state index contributed by atoms with van der Waals surface area (Å²) in [6.07, 6.45) is 0.151. The summed E-state index contributed by atoms with van der Waals surface area (Å²) in [5.41, 5.74) is 2.18. The first kappa shape index (κ1) is 19.1. The third-order valence-electron chi connectivity index (χ3n) is 4.90. The van der Waals surface area contributed by atoms with Crippen LogP contribution in [0, 0.1) is 11.7 Å². The van der Waals surface area contributed by atoms with Crippen LogP contribution < -0.4 is 5.32 Å². The number of benzene rings is 2. The van der Waals surface area contributed by atoms with Crippen molar-refractivity contribution in [1.82, 2.24) is 4.90 Å². The SMILES string of the molecule is CC(C)(C)c1ccccc1NC(=O)C1CC(=O)N(Cc2ccccc2F)C1. The fourth-order valence-corrected chi connectivity index (χ4v) is 3.41.